The van der Waals surface area contributed by atoms with Crippen LogP contribution in [0.5, 0.6) is 0 Å². The minimum atomic E-state index is -3.66. The van der Waals surface area contributed by atoms with Gasteiger partial charge in [-0.3, -0.25) is 0 Å². The summed E-state index contributed by atoms with van der Waals surface area (Å²) >= 11 is 0. The predicted molar refractivity (Wildman–Crippen MR) is 109 cm³/mol. The van der Waals surface area contributed by atoms with Crippen molar-refractivity contribution in [1.82, 2.24) is 24.4 Å². The van der Waals surface area contributed by atoms with E-state index in [1.807, 2.05) is 28.8 Å². The number of benzene rings is 2. The average Bonchev–Trinajstić information content (AvgIpc) is 3.28. The van der Waals surface area contributed by atoms with Gasteiger partial charge in [-0.05, 0) is 51.1 Å². The molecule has 150 valence electrons. The zero-order valence-corrected chi connectivity index (χ0v) is 17.1. The number of imidazole rings is 1. The van der Waals surface area contributed by atoms with Crippen LogP contribution in [0.4, 0.5) is 0 Å². The predicted octanol–water partition coefficient (Wildman–Crippen LogP) is 3.21. The highest BCUT2D eigenvalue weighted by atomic mass is 32.2. The highest BCUT2D eigenvalue weighted by Crippen LogP contribution is 2.22. The van der Waals surface area contributed by atoms with Crippen LogP contribution in [0, 0.1) is 0 Å². The minimum absolute atomic E-state index is 0.144. The number of fused-ring (bicyclic) bond motifs is 1. The molecule has 2 aromatic carbocycles. The van der Waals surface area contributed by atoms with Gasteiger partial charge in [0.1, 0.15) is 0 Å². The summed E-state index contributed by atoms with van der Waals surface area (Å²) in [6.07, 6.45) is 1.73. The number of para-hydroxylation sites is 2. The molecule has 0 bridgehead atoms. The molecule has 0 saturated carbocycles. The Morgan fingerprint density at radius 2 is 1.90 bits per heavy atom. The fraction of sp³-hybridized carbons (Fsp3) is 0.250. The molecule has 0 fully saturated rings. The van der Waals surface area contributed by atoms with Crippen LogP contribution in [0.3, 0.4) is 0 Å². The van der Waals surface area contributed by atoms with Gasteiger partial charge in [0, 0.05) is 11.1 Å². The van der Waals surface area contributed by atoms with Crippen molar-refractivity contribution < 1.29 is 12.9 Å². The number of hydrogen-bond donors (Lipinski definition) is 1. The Hall–Kier alpha value is -3.04. The van der Waals surface area contributed by atoms with Gasteiger partial charge in [0.05, 0.1) is 28.8 Å². The molecule has 0 aliphatic rings. The van der Waals surface area contributed by atoms with E-state index in [4.69, 9.17) is 4.52 Å². The SMILES string of the molecule is CC(C)(C)NS(=O)(=O)c1cccc(-c2nc(Cn3cnc4ccccc43)no2)c1. The Morgan fingerprint density at radius 1 is 1.10 bits per heavy atom. The summed E-state index contributed by atoms with van der Waals surface area (Å²) in [6.45, 7) is 5.77. The molecule has 0 radical (unpaired) electrons. The van der Waals surface area contributed by atoms with Gasteiger partial charge in [0.2, 0.25) is 10.0 Å². The molecule has 1 N–H and O–H groups in total. The zero-order valence-electron chi connectivity index (χ0n) is 16.3. The highest BCUT2D eigenvalue weighted by Gasteiger charge is 2.23. The Labute approximate surface area is 168 Å². The van der Waals surface area contributed by atoms with Crippen molar-refractivity contribution in [2.45, 2.75) is 37.8 Å². The van der Waals surface area contributed by atoms with Gasteiger partial charge in [-0.1, -0.05) is 23.4 Å². The first-order valence-electron chi connectivity index (χ1n) is 9.08. The van der Waals surface area contributed by atoms with E-state index < -0.39 is 15.6 Å². The van der Waals surface area contributed by atoms with Crippen LogP contribution in [0.2, 0.25) is 0 Å². The summed E-state index contributed by atoms with van der Waals surface area (Å²) < 4.78 is 35.1. The Morgan fingerprint density at radius 3 is 2.69 bits per heavy atom. The molecule has 8 nitrogen and oxygen atoms in total. The molecule has 0 saturated heterocycles. The molecule has 2 heterocycles. The summed E-state index contributed by atoms with van der Waals surface area (Å²) in [5.74, 6) is 0.737. The summed E-state index contributed by atoms with van der Waals surface area (Å²) in [5.41, 5.74) is 1.82. The lowest BCUT2D eigenvalue weighted by Crippen LogP contribution is -2.40. The summed E-state index contributed by atoms with van der Waals surface area (Å²) in [4.78, 5) is 8.91. The number of aromatic nitrogens is 4. The van der Waals surface area contributed by atoms with Crippen LogP contribution in [0.25, 0.3) is 22.5 Å². The molecule has 0 aliphatic carbocycles. The Balaban J connectivity index is 1.60. The zero-order chi connectivity index (χ0) is 20.6. The Kier molecular flexibility index (Phi) is 4.71. The van der Waals surface area contributed by atoms with Crippen LogP contribution >= 0.6 is 0 Å². The Bertz CT molecular complexity index is 1270. The summed E-state index contributed by atoms with van der Waals surface area (Å²) in [5, 5.41) is 4.03. The monoisotopic (exact) mass is 411 g/mol. The quantitative estimate of drug-likeness (QED) is 0.541. The molecule has 0 atom stereocenters. The molecule has 4 aromatic rings. The van der Waals surface area contributed by atoms with Crippen LogP contribution in [0.1, 0.15) is 26.6 Å². The van der Waals surface area contributed by atoms with Crippen molar-refractivity contribution in [3.05, 3.63) is 60.7 Å². The maximum atomic E-state index is 12.6. The molecular formula is C20H21N5O3S. The van der Waals surface area contributed by atoms with Crippen molar-refractivity contribution in [3.8, 4) is 11.5 Å². The first-order chi connectivity index (χ1) is 13.7. The van der Waals surface area contributed by atoms with Gasteiger partial charge in [0.15, 0.2) is 5.82 Å². The molecule has 4 rings (SSSR count). The number of hydrogen-bond acceptors (Lipinski definition) is 6. The molecule has 0 aliphatic heterocycles. The van der Waals surface area contributed by atoms with Gasteiger partial charge in [-0.15, -0.1) is 0 Å². The van der Waals surface area contributed by atoms with E-state index in [0.29, 0.717) is 17.9 Å². The molecule has 9 heteroatoms. The van der Waals surface area contributed by atoms with Gasteiger partial charge in [-0.25, -0.2) is 18.1 Å². The van der Waals surface area contributed by atoms with Crippen molar-refractivity contribution >= 4 is 21.1 Å². The molecule has 29 heavy (non-hydrogen) atoms. The van der Waals surface area contributed by atoms with Crippen molar-refractivity contribution in [2.24, 2.45) is 0 Å². The summed E-state index contributed by atoms with van der Waals surface area (Å²) in [6, 6.07) is 14.2. The lowest BCUT2D eigenvalue weighted by atomic mass is 10.1. The molecule has 0 amide bonds. The van der Waals surface area contributed by atoms with Crippen LogP contribution in [-0.2, 0) is 16.6 Å². The van der Waals surface area contributed by atoms with Gasteiger partial charge >= 0.3 is 0 Å². The first-order valence-corrected chi connectivity index (χ1v) is 10.6. The van der Waals surface area contributed by atoms with E-state index in [9.17, 15) is 8.42 Å². The maximum absolute atomic E-state index is 12.6. The number of nitrogens with one attached hydrogen (secondary N) is 1. The van der Waals surface area contributed by atoms with Crippen molar-refractivity contribution in [2.75, 3.05) is 0 Å². The fourth-order valence-corrected chi connectivity index (χ4v) is 4.45. The van der Waals surface area contributed by atoms with Crippen molar-refractivity contribution in [3.63, 3.8) is 0 Å². The van der Waals surface area contributed by atoms with E-state index in [1.165, 1.54) is 12.1 Å². The van der Waals surface area contributed by atoms with E-state index in [0.717, 1.165) is 11.0 Å². The van der Waals surface area contributed by atoms with Gasteiger partial charge < -0.3 is 9.09 Å². The molecule has 0 unspecified atom stereocenters. The molecule has 2 aromatic heterocycles. The van der Waals surface area contributed by atoms with E-state index >= 15 is 0 Å². The second kappa shape index (κ2) is 7.09. The lowest BCUT2D eigenvalue weighted by molar-refractivity contribution is 0.420. The van der Waals surface area contributed by atoms with Crippen LogP contribution in [0.15, 0.2) is 64.3 Å². The normalized spacial score (nSPS) is 12.5. The highest BCUT2D eigenvalue weighted by molar-refractivity contribution is 7.89. The minimum Gasteiger partial charge on any atom is -0.334 e. The fourth-order valence-electron chi connectivity index (χ4n) is 2.98. The van der Waals surface area contributed by atoms with Gasteiger partial charge in [0.25, 0.3) is 5.89 Å². The van der Waals surface area contributed by atoms with Crippen LogP contribution < -0.4 is 4.72 Å². The van der Waals surface area contributed by atoms with Crippen LogP contribution in [-0.4, -0.2) is 33.6 Å². The van der Waals surface area contributed by atoms with E-state index in [-0.39, 0.29) is 10.8 Å². The number of sulfonamides is 1. The van der Waals surface area contributed by atoms with E-state index in [2.05, 4.69) is 19.8 Å². The van der Waals surface area contributed by atoms with Gasteiger partial charge in [-0.2, -0.15) is 4.98 Å². The topological polar surface area (TPSA) is 103 Å². The lowest BCUT2D eigenvalue weighted by Gasteiger charge is -2.20. The molecule has 0 spiro atoms. The number of nitrogens with zero attached hydrogens (tertiary/aromatic N) is 4. The van der Waals surface area contributed by atoms with E-state index in [1.54, 1.807) is 39.2 Å². The number of rotatable bonds is 5. The largest absolute Gasteiger partial charge is 0.334 e. The smallest absolute Gasteiger partial charge is 0.258 e. The van der Waals surface area contributed by atoms with Crippen molar-refractivity contribution in [1.29, 1.82) is 0 Å². The third-order valence-electron chi connectivity index (χ3n) is 4.14. The second-order valence-electron chi connectivity index (χ2n) is 7.76. The average molecular weight is 411 g/mol. The maximum Gasteiger partial charge on any atom is 0.258 e. The summed E-state index contributed by atoms with van der Waals surface area (Å²) in [7, 11) is -3.66. The second-order valence-corrected chi connectivity index (χ2v) is 9.44. The molecular weight excluding hydrogens is 390 g/mol. The third-order valence-corrected chi connectivity index (χ3v) is 5.89. The first kappa shape index (κ1) is 19.3. The third kappa shape index (κ3) is 4.20. The standard InChI is InChI=1S/C20H21N5O3S/c1-20(2,3)24-29(26,27)15-8-6-7-14(11-15)19-22-18(23-28-19)12-25-13-21-16-9-4-5-10-17(16)25/h4-11,13,24H,12H2,1-3H3.